The predicted octanol–water partition coefficient (Wildman–Crippen LogP) is 5.83. The summed E-state index contributed by atoms with van der Waals surface area (Å²) in [6.45, 7) is 21.3. The first kappa shape index (κ1) is 22.8. The zero-order valence-electron chi connectivity index (χ0n) is 20.4. The Kier molecular flexibility index (Phi) is 6.10. The minimum absolute atomic E-state index is 0.0646. The molecule has 30 heavy (non-hydrogen) atoms. The molecule has 3 rings (SSSR count). The van der Waals surface area contributed by atoms with Crippen LogP contribution in [0.5, 0.6) is 0 Å². The molecular formula is C26H40N2O2. The van der Waals surface area contributed by atoms with E-state index in [1.54, 1.807) is 0 Å². The van der Waals surface area contributed by atoms with Gasteiger partial charge in [0.1, 0.15) is 19.1 Å². The van der Waals surface area contributed by atoms with Crippen molar-refractivity contribution in [2.75, 3.05) is 13.2 Å². The molecule has 2 atom stereocenters. The lowest BCUT2D eigenvalue weighted by Crippen LogP contribution is -2.27. The smallest absolute Gasteiger partial charge is 0.196 e. The molecule has 1 aromatic rings. The van der Waals surface area contributed by atoms with Crippen molar-refractivity contribution in [1.82, 2.24) is 0 Å². The van der Waals surface area contributed by atoms with Crippen molar-refractivity contribution in [3.63, 3.8) is 0 Å². The Labute approximate surface area is 183 Å². The van der Waals surface area contributed by atoms with E-state index < -0.39 is 0 Å². The van der Waals surface area contributed by atoms with Crippen molar-refractivity contribution >= 4 is 11.8 Å². The molecular weight excluding hydrogens is 372 g/mol. The molecule has 0 amide bonds. The van der Waals surface area contributed by atoms with Crippen molar-refractivity contribution in [3.8, 4) is 0 Å². The number of rotatable bonds is 4. The molecule has 4 heteroatoms. The Bertz CT molecular complexity index is 761. The van der Waals surface area contributed by atoms with Gasteiger partial charge in [-0.2, -0.15) is 0 Å². The summed E-state index contributed by atoms with van der Waals surface area (Å²) in [5.41, 5.74) is 2.89. The van der Waals surface area contributed by atoms with Gasteiger partial charge in [0.2, 0.25) is 0 Å². The van der Waals surface area contributed by atoms with Crippen molar-refractivity contribution in [3.05, 3.63) is 35.4 Å². The van der Waals surface area contributed by atoms with Crippen LogP contribution in [-0.4, -0.2) is 37.1 Å². The second-order valence-corrected chi connectivity index (χ2v) is 12.0. The molecule has 2 aliphatic rings. The molecule has 0 aromatic heterocycles. The lowest BCUT2D eigenvalue weighted by molar-refractivity contribution is 0.222. The highest BCUT2D eigenvalue weighted by molar-refractivity contribution is 6.01. The van der Waals surface area contributed by atoms with E-state index in [0.717, 1.165) is 18.2 Å². The number of nitrogens with zero attached hydrogens (tertiary/aromatic N) is 2. The van der Waals surface area contributed by atoms with Crippen LogP contribution in [0, 0.1) is 16.7 Å². The van der Waals surface area contributed by atoms with Crippen molar-refractivity contribution in [2.45, 2.75) is 86.2 Å². The van der Waals surface area contributed by atoms with Gasteiger partial charge in [0.25, 0.3) is 0 Å². The van der Waals surface area contributed by atoms with Gasteiger partial charge in [-0.3, -0.25) is 0 Å². The van der Waals surface area contributed by atoms with Crippen LogP contribution in [0.3, 0.4) is 0 Å². The molecule has 0 bridgehead atoms. The maximum absolute atomic E-state index is 6.13. The Morgan fingerprint density at radius 1 is 0.767 bits per heavy atom. The molecule has 0 spiro atoms. The van der Waals surface area contributed by atoms with Crippen LogP contribution in [0.1, 0.15) is 73.4 Å². The number of aliphatic imine (C=N–C) groups is 2. The van der Waals surface area contributed by atoms with E-state index in [2.05, 4.69) is 86.6 Å². The Morgan fingerprint density at radius 3 is 1.53 bits per heavy atom. The highest BCUT2D eigenvalue weighted by Crippen LogP contribution is 2.32. The van der Waals surface area contributed by atoms with Crippen LogP contribution in [0.4, 0.5) is 0 Å². The van der Waals surface area contributed by atoms with E-state index in [4.69, 9.17) is 19.5 Å². The second kappa shape index (κ2) is 8.01. The Hall–Kier alpha value is -1.84. The molecule has 0 N–H and O–H groups in total. The maximum Gasteiger partial charge on any atom is 0.196 e. The summed E-state index contributed by atoms with van der Waals surface area (Å²) in [5.74, 6) is 1.50. The highest BCUT2D eigenvalue weighted by Gasteiger charge is 2.39. The van der Waals surface area contributed by atoms with Gasteiger partial charge in [0.05, 0.1) is 12.1 Å². The molecule has 4 nitrogen and oxygen atoms in total. The molecule has 0 fully saturated rings. The molecule has 0 saturated carbocycles. The normalized spacial score (nSPS) is 23.5. The van der Waals surface area contributed by atoms with Gasteiger partial charge in [-0.15, -0.1) is 0 Å². The number of hydrogen-bond donors (Lipinski definition) is 0. The second-order valence-electron chi connectivity index (χ2n) is 12.0. The fourth-order valence-electron chi connectivity index (χ4n) is 3.71. The third-order valence-corrected chi connectivity index (χ3v) is 6.20. The largest absolute Gasteiger partial charge is 0.478 e. The first-order chi connectivity index (χ1) is 13.7. The quantitative estimate of drug-likeness (QED) is 0.624. The van der Waals surface area contributed by atoms with E-state index >= 15 is 0 Å². The summed E-state index contributed by atoms with van der Waals surface area (Å²) in [7, 11) is 0. The zero-order chi connectivity index (χ0) is 22.3. The van der Waals surface area contributed by atoms with Gasteiger partial charge in [0, 0.05) is 0 Å². The number of ether oxygens (including phenoxy) is 2. The average Bonchev–Trinajstić information content (AvgIpc) is 3.28. The topological polar surface area (TPSA) is 43.2 Å². The fourth-order valence-corrected chi connectivity index (χ4v) is 3.71. The van der Waals surface area contributed by atoms with Crippen LogP contribution in [0.25, 0.3) is 0 Å². The van der Waals surface area contributed by atoms with Gasteiger partial charge in [-0.25, -0.2) is 9.98 Å². The van der Waals surface area contributed by atoms with Gasteiger partial charge in [0.15, 0.2) is 11.8 Å². The van der Waals surface area contributed by atoms with Gasteiger partial charge >= 0.3 is 0 Å². The summed E-state index contributed by atoms with van der Waals surface area (Å²) in [5, 5.41) is 0. The standard InChI is InChI=1S/C26H40N2O2/c1-24(2,3)18-12-10-17(11-13-18)14-19(22-27-20(15-29-22)25(4,5)6)23-28-21(16-30-23)26(7,8)9/h10-13,19-21H,14-16H2,1-9H3. The highest BCUT2D eigenvalue weighted by atomic mass is 16.5. The van der Waals surface area contributed by atoms with E-state index in [0.29, 0.717) is 13.2 Å². The first-order valence-electron chi connectivity index (χ1n) is 11.3. The van der Waals surface area contributed by atoms with Crippen molar-refractivity contribution < 1.29 is 9.47 Å². The van der Waals surface area contributed by atoms with Gasteiger partial charge < -0.3 is 9.47 Å². The predicted molar refractivity (Wildman–Crippen MR) is 126 cm³/mol. The van der Waals surface area contributed by atoms with Crippen LogP contribution in [0.2, 0.25) is 0 Å². The van der Waals surface area contributed by atoms with Crippen molar-refractivity contribution in [2.24, 2.45) is 26.7 Å². The molecule has 1 aromatic carbocycles. The molecule has 0 radical (unpaired) electrons. The average molecular weight is 413 g/mol. The van der Waals surface area contributed by atoms with Gasteiger partial charge in [-0.05, 0) is 33.8 Å². The SMILES string of the molecule is CC(C)(C)c1ccc(CC(C2=NC(C(C)(C)C)CO2)C2=NC(C(C)(C)C)CO2)cc1. The molecule has 0 aliphatic carbocycles. The molecule has 2 heterocycles. The molecule has 2 aliphatic heterocycles. The van der Waals surface area contributed by atoms with Crippen LogP contribution >= 0.6 is 0 Å². The minimum atomic E-state index is -0.0646. The van der Waals surface area contributed by atoms with Crippen LogP contribution in [-0.2, 0) is 21.3 Å². The summed E-state index contributed by atoms with van der Waals surface area (Å²) in [6.07, 6.45) is 0.788. The van der Waals surface area contributed by atoms with E-state index in [9.17, 15) is 0 Å². The Morgan fingerprint density at radius 2 is 1.20 bits per heavy atom. The molecule has 166 valence electrons. The number of benzene rings is 1. The minimum Gasteiger partial charge on any atom is -0.478 e. The summed E-state index contributed by atoms with van der Waals surface area (Å²) in [6, 6.07) is 9.24. The van der Waals surface area contributed by atoms with E-state index in [1.165, 1.54) is 11.1 Å². The van der Waals surface area contributed by atoms with E-state index in [-0.39, 0.29) is 34.2 Å². The summed E-state index contributed by atoms with van der Waals surface area (Å²) in [4.78, 5) is 9.96. The summed E-state index contributed by atoms with van der Waals surface area (Å²) >= 11 is 0. The first-order valence-corrected chi connectivity index (χ1v) is 11.3. The molecule has 2 unspecified atom stereocenters. The molecule has 0 saturated heterocycles. The lowest BCUT2D eigenvalue weighted by Gasteiger charge is -2.22. The third kappa shape index (κ3) is 5.25. The maximum atomic E-state index is 6.13. The number of hydrogen-bond acceptors (Lipinski definition) is 4. The van der Waals surface area contributed by atoms with Gasteiger partial charge in [-0.1, -0.05) is 86.6 Å². The van der Waals surface area contributed by atoms with Crippen molar-refractivity contribution in [1.29, 1.82) is 0 Å². The zero-order valence-corrected chi connectivity index (χ0v) is 20.4. The van der Waals surface area contributed by atoms with Crippen LogP contribution in [0.15, 0.2) is 34.3 Å². The lowest BCUT2D eigenvalue weighted by atomic mass is 9.86. The third-order valence-electron chi connectivity index (χ3n) is 6.20. The summed E-state index contributed by atoms with van der Waals surface area (Å²) < 4.78 is 12.3. The monoisotopic (exact) mass is 412 g/mol. The van der Waals surface area contributed by atoms with E-state index in [1.807, 2.05) is 0 Å². The Balaban J connectivity index is 1.89. The van der Waals surface area contributed by atoms with Crippen LogP contribution < -0.4 is 0 Å². The fraction of sp³-hybridized carbons (Fsp3) is 0.692.